The number of carbonyl (C=O) groups excluding carboxylic acids is 1. The Hall–Kier alpha value is -1.53. The van der Waals surface area contributed by atoms with Crippen molar-refractivity contribution in [2.24, 2.45) is 0 Å². The summed E-state index contributed by atoms with van der Waals surface area (Å²) in [5, 5.41) is -0.785. The predicted octanol–water partition coefficient (Wildman–Crippen LogP) is 1.56. The van der Waals surface area contributed by atoms with Crippen LogP contribution in [-0.4, -0.2) is 31.0 Å². The number of pyridine rings is 1. The standard InChI is InChI=1S/C13H15NO4S/c1-2-18-19(16,17)13-4-3-11(15)9-12(13)10-5-7-14-8-6-10/h5-9,13H,2-4H2,1H3. The summed E-state index contributed by atoms with van der Waals surface area (Å²) in [7, 11) is -3.70. The van der Waals surface area contributed by atoms with Crippen molar-refractivity contribution in [3.05, 3.63) is 36.2 Å². The molecule has 0 saturated carbocycles. The van der Waals surface area contributed by atoms with Gasteiger partial charge in [0.2, 0.25) is 0 Å². The maximum atomic E-state index is 12.1. The second-order valence-corrected chi connectivity index (χ2v) is 6.02. The second kappa shape index (κ2) is 5.63. The number of ketones is 1. The first-order valence-corrected chi connectivity index (χ1v) is 7.55. The SMILES string of the molecule is CCOS(=O)(=O)C1CCC(=O)C=C1c1ccncc1. The average molecular weight is 281 g/mol. The maximum Gasteiger partial charge on any atom is 0.274 e. The van der Waals surface area contributed by atoms with Gasteiger partial charge < -0.3 is 0 Å². The highest BCUT2D eigenvalue weighted by Gasteiger charge is 2.34. The molecule has 0 bridgehead atoms. The number of rotatable bonds is 4. The van der Waals surface area contributed by atoms with E-state index in [1.807, 2.05) is 0 Å². The summed E-state index contributed by atoms with van der Waals surface area (Å²) in [5.41, 5.74) is 1.18. The van der Waals surface area contributed by atoms with E-state index in [0.29, 0.717) is 11.1 Å². The Morgan fingerprint density at radius 3 is 2.68 bits per heavy atom. The molecule has 1 unspecified atom stereocenters. The fourth-order valence-corrected chi connectivity index (χ4v) is 3.54. The van der Waals surface area contributed by atoms with Gasteiger partial charge in [-0.15, -0.1) is 0 Å². The molecule has 1 heterocycles. The molecule has 0 aromatic carbocycles. The summed E-state index contributed by atoms with van der Waals surface area (Å²) >= 11 is 0. The molecular weight excluding hydrogens is 266 g/mol. The summed E-state index contributed by atoms with van der Waals surface area (Å²) in [6.07, 6.45) is 5.03. The lowest BCUT2D eigenvalue weighted by atomic mass is 9.93. The Morgan fingerprint density at radius 1 is 1.37 bits per heavy atom. The van der Waals surface area contributed by atoms with Crippen LogP contribution in [0, 0.1) is 0 Å². The highest BCUT2D eigenvalue weighted by Crippen LogP contribution is 2.31. The molecule has 0 saturated heterocycles. The lowest BCUT2D eigenvalue weighted by molar-refractivity contribution is -0.114. The van der Waals surface area contributed by atoms with E-state index in [0.717, 1.165) is 0 Å². The summed E-state index contributed by atoms with van der Waals surface area (Å²) in [4.78, 5) is 15.4. The van der Waals surface area contributed by atoms with Gasteiger partial charge >= 0.3 is 0 Å². The molecule has 0 aliphatic heterocycles. The van der Waals surface area contributed by atoms with Crippen LogP contribution in [0.3, 0.4) is 0 Å². The van der Waals surface area contributed by atoms with Gasteiger partial charge in [-0.05, 0) is 42.7 Å². The van der Waals surface area contributed by atoms with Crippen molar-refractivity contribution in [3.8, 4) is 0 Å². The quantitative estimate of drug-likeness (QED) is 0.783. The minimum atomic E-state index is -3.70. The maximum absolute atomic E-state index is 12.1. The normalized spacial score (nSPS) is 20.2. The molecule has 1 aromatic rings. The zero-order valence-corrected chi connectivity index (χ0v) is 11.4. The van der Waals surface area contributed by atoms with Crippen molar-refractivity contribution in [3.63, 3.8) is 0 Å². The Balaban J connectivity index is 2.44. The molecule has 1 atom stereocenters. The molecule has 0 radical (unpaired) electrons. The van der Waals surface area contributed by atoms with Crippen LogP contribution in [0.4, 0.5) is 0 Å². The van der Waals surface area contributed by atoms with E-state index < -0.39 is 15.4 Å². The summed E-state index contributed by atoms with van der Waals surface area (Å²) in [5.74, 6) is -0.0604. The van der Waals surface area contributed by atoms with Gasteiger partial charge in [-0.25, -0.2) is 0 Å². The van der Waals surface area contributed by atoms with Crippen LogP contribution < -0.4 is 0 Å². The monoisotopic (exact) mass is 281 g/mol. The Morgan fingerprint density at radius 2 is 2.05 bits per heavy atom. The van der Waals surface area contributed by atoms with Crippen molar-refractivity contribution >= 4 is 21.5 Å². The Labute approximate surface area is 112 Å². The van der Waals surface area contributed by atoms with Crippen LogP contribution in [0.1, 0.15) is 25.3 Å². The van der Waals surface area contributed by atoms with Gasteiger partial charge in [0, 0.05) is 18.8 Å². The highest BCUT2D eigenvalue weighted by atomic mass is 32.2. The van der Waals surface area contributed by atoms with Gasteiger partial charge in [0.15, 0.2) is 5.78 Å². The van der Waals surface area contributed by atoms with Crippen LogP contribution in [-0.2, 0) is 19.1 Å². The van der Waals surface area contributed by atoms with Crippen molar-refractivity contribution < 1.29 is 17.4 Å². The molecule has 5 nitrogen and oxygen atoms in total. The smallest absolute Gasteiger partial charge is 0.274 e. The number of aromatic nitrogens is 1. The molecule has 1 aliphatic carbocycles. The third-order valence-electron chi connectivity index (χ3n) is 2.96. The molecule has 0 N–H and O–H groups in total. The number of nitrogens with zero attached hydrogens (tertiary/aromatic N) is 1. The molecule has 102 valence electrons. The van der Waals surface area contributed by atoms with E-state index in [1.54, 1.807) is 31.5 Å². The molecule has 2 rings (SSSR count). The third kappa shape index (κ3) is 3.08. The Kier molecular flexibility index (Phi) is 4.11. The van der Waals surface area contributed by atoms with Gasteiger partial charge in [0.25, 0.3) is 10.1 Å². The van der Waals surface area contributed by atoms with Crippen LogP contribution in [0.25, 0.3) is 5.57 Å². The lowest BCUT2D eigenvalue weighted by Gasteiger charge is -2.23. The Bertz CT molecular complexity index is 592. The van der Waals surface area contributed by atoms with E-state index in [9.17, 15) is 13.2 Å². The van der Waals surface area contributed by atoms with Gasteiger partial charge in [0.05, 0.1) is 6.61 Å². The third-order valence-corrected chi connectivity index (χ3v) is 4.71. The molecule has 0 amide bonds. The first-order chi connectivity index (χ1) is 9.04. The van der Waals surface area contributed by atoms with Crippen LogP contribution >= 0.6 is 0 Å². The van der Waals surface area contributed by atoms with Gasteiger partial charge in [-0.2, -0.15) is 8.42 Å². The average Bonchev–Trinajstić information content (AvgIpc) is 2.39. The number of carbonyl (C=O) groups is 1. The number of hydrogen-bond donors (Lipinski definition) is 0. The molecule has 6 heteroatoms. The molecule has 1 aliphatic rings. The zero-order valence-electron chi connectivity index (χ0n) is 10.6. The molecule has 19 heavy (non-hydrogen) atoms. The number of hydrogen-bond acceptors (Lipinski definition) is 5. The number of allylic oxidation sites excluding steroid dienone is 1. The first-order valence-electron chi connectivity index (χ1n) is 6.07. The van der Waals surface area contributed by atoms with Crippen LogP contribution in [0.5, 0.6) is 0 Å². The minimum absolute atomic E-state index is 0.0604. The van der Waals surface area contributed by atoms with Crippen molar-refractivity contribution in [2.75, 3.05) is 6.61 Å². The van der Waals surface area contributed by atoms with Gasteiger partial charge in [0.1, 0.15) is 5.25 Å². The minimum Gasteiger partial charge on any atom is -0.295 e. The topological polar surface area (TPSA) is 73.3 Å². The zero-order chi connectivity index (χ0) is 13.9. The summed E-state index contributed by atoms with van der Waals surface area (Å²) in [6, 6.07) is 3.39. The fourth-order valence-electron chi connectivity index (χ4n) is 2.13. The molecular formula is C13H15NO4S. The first kappa shape index (κ1) is 13.9. The fraction of sp³-hybridized carbons (Fsp3) is 0.385. The van der Waals surface area contributed by atoms with E-state index in [2.05, 4.69) is 4.98 Å². The molecule has 1 aromatic heterocycles. The van der Waals surface area contributed by atoms with E-state index in [-0.39, 0.29) is 25.2 Å². The van der Waals surface area contributed by atoms with Gasteiger partial charge in [-0.1, -0.05) is 0 Å². The largest absolute Gasteiger partial charge is 0.295 e. The van der Waals surface area contributed by atoms with Crippen molar-refractivity contribution in [2.45, 2.75) is 25.0 Å². The van der Waals surface area contributed by atoms with Crippen molar-refractivity contribution in [1.82, 2.24) is 4.98 Å². The summed E-state index contributed by atoms with van der Waals surface area (Å²) in [6.45, 7) is 1.72. The van der Waals surface area contributed by atoms with Crippen LogP contribution in [0.2, 0.25) is 0 Å². The van der Waals surface area contributed by atoms with E-state index >= 15 is 0 Å². The lowest BCUT2D eigenvalue weighted by Crippen LogP contribution is -2.29. The highest BCUT2D eigenvalue weighted by molar-refractivity contribution is 7.87. The van der Waals surface area contributed by atoms with Gasteiger partial charge in [-0.3, -0.25) is 14.0 Å². The molecule has 0 fully saturated rings. The summed E-state index contributed by atoms with van der Waals surface area (Å²) < 4.78 is 29.0. The van der Waals surface area contributed by atoms with Crippen LogP contribution in [0.15, 0.2) is 30.6 Å². The second-order valence-electron chi connectivity index (χ2n) is 4.23. The predicted molar refractivity (Wildman–Crippen MR) is 70.8 cm³/mol. The van der Waals surface area contributed by atoms with E-state index in [1.165, 1.54) is 6.08 Å². The van der Waals surface area contributed by atoms with Crippen molar-refractivity contribution in [1.29, 1.82) is 0 Å². The molecule has 0 spiro atoms. The van der Waals surface area contributed by atoms with E-state index in [4.69, 9.17) is 4.18 Å².